The highest BCUT2D eigenvalue weighted by molar-refractivity contribution is 6.34. The van der Waals surface area contributed by atoms with Crippen LogP contribution >= 0.6 is 11.6 Å². The molecule has 2 aromatic carbocycles. The van der Waals surface area contributed by atoms with Crippen molar-refractivity contribution < 1.29 is 19.2 Å². The molecule has 3 amide bonds. The molecular weight excluding hydrogens is 428 g/mol. The average molecular weight is 453 g/mol. The van der Waals surface area contributed by atoms with Gasteiger partial charge in [0.25, 0.3) is 17.7 Å². The lowest BCUT2D eigenvalue weighted by Gasteiger charge is -2.35. The van der Waals surface area contributed by atoms with Crippen molar-refractivity contribution in [2.24, 2.45) is 11.8 Å². The third-order valence-electron chi connectivity index (χ3n) is 6.43. The minimum atomic E-state index is -1.07. The number of ketones is 1. The van der Waals surface area contributed by atoms with Crippen molar-refractivity contribution in [3.63, 3.8) is 0 Å². The number of hydrogen-bond acceptors (Lipinski definition) is 4. The molecule has 6 nitrogen and oxygen atoms in total. The molecule has 2 aromatic rings. The molecule has 32 heavy (non-hydrogen) atoms. The van der Waals surface area contributed by atoms with Gasteiger partial charge in [0.05, 0.1) is 22.4 Å². The van der Waals surface area contributed by atoms with E-state index >= 15 is 0 Å². The highest BCUT2D eigenvalue weighted by atomic mass is 35.5. The minimum absolute atomic E-state index is 0.133. The Morgan fingerprint density at radius 3 is 2.09 bits per heavy atom. The fourth-order valence-electron chi connectivity index (χ4n) is 4.63. The molecule has 3 atom stereocenters. The van der Waals surface area contributed by atoms with Gasteiger partial charge < -0.3 is 0 Å². The van der Waals surface area contributed by atoms with Gasteiger partial charge in [0.1, 0.15) is 6.04 Å². The van der Waals surface area contributed by atoms with E-state index in [1.807, 2.05) is 6.92 Å². The first-order valence-electron chi connectivity index (χ1n) is 10.9. The SMILES string of the molecule is Cc1ccc(C(=O)[C@H](C)N(C(=O)c2ccccc2Cl)N2C(=O)[C@H]3CCCC[C@@H]3C2=O)cc1. The Hall–Kier alpha value is -2.99. The Balaban J connectivity index is 1.76. The number of carbonyl (C=O) groups excluding carboxylic acids is 4. The first-order chi connectivity index (χ1) is 15.3. The van der Waals surface area contributed by atoms with Gasteiger partial charge in [-0.3, -0.25) is 19.2 Å². The zero-order valence-electron chi connectivity index (χ0n) is 18.1. The number of carbonyl (C=O) groups is 4. The number of nitrogens with zero attached hydrogens (tertiary/aromatic N) is 2. The molecule has 1 aliphatic heterocycles. The van der Waals surface area contributed by atoms with Crippen LogP contribution in [-0.2, 0) is 9.59 Å². The van der Waals surface area contributed by atoms with Gasteiger partial charge in [-0.05, 0) is 38.8 Å². The molecule has 1 heterocycles. The average Bonchev–Trinajstić information content (AvgIpc) is 3.05. The summed E-state index contributed by atoms with van der Waals surface area (Å²) in [5, 5.41) is 2.13. The van der Waals surface area contributed by atoms with Gasteiger partial charge in [-0.25, -0.2) is 5.01 Å². The van der Waals surface area contributed by atoms with Crippen molar-refractivity contribution in [3.8, 4) is 0 Å². The monoisotopic (exact) mass is 452 g/mol. The topological polar surface area (TPSA) is 74.8 Å². The zero-order valence-corrected chi connectivity index (χ0v) is 18.8. The van der Waals surface area contributed by atoms with Crippen molar-refractivity contribution in [2.75, 3.05) is 0 Å². The van der Waals surface area contributed by atoms with Gasteiger partial charge in [-0.2, -0.15) is 5.01 Å². The predicted molar refractivity (Wildman–Crippen MR) is 120 cm³/mol. The molecule has 2 fully saturated rings. The summed E-state index contributed by atoms with van der Waals surface area (Å²) in [5.74, 6) is -2.73. The van der Waals surface area contributed by atoms with E-state index in [4.69, 9.17) is 11.6 Å². The zero-order chi connectivity index (χ0) is 23.0. The Labute approximate surface area is 192 Å². The van der Waals surface area contributed by atoms with E-state index in [1.54, 1.807) is 49.4 Å². The standard InChI is InChI=1S/C25H25ClN2O4/c1-15-11-13-17(14-12-15)22(29)16(2)27(25(32)20-9-5-6-10-21(20)26)28-23(30)18-7-3-4-8-19(18)24(28)31/h5-6,9-14,16,18-19H,3-4,7-8H2,1-2H3/t16-,18-,19-/m0/s1. The van der Waals surface area contributed by atoms with Crippen LogP contribution in [0.5, 0.6) is 0 Å². The highest BCUT2D eigenvalue weighted by Gasteiger charge is 2.53. The lowest BCUT2D eigenvalue weighted by atomic mass is 9.81. The number of imide groups is 1. The number of halogens is 1. The van der Waals surface area contributed by atoms with E-state index in [0.717, 1.165) is 28.4 Å². The largest absolute Gasteiger partial charge is 0.292 e. The molecule has 166 valence electrons. The molecule has 0 unspecified atom stereocenters. The van der Waals surface area contributed by atoms with Crippen LogP contribution in [0.4, 0.5) is 0 Å². The van der Waals surface area contributed by atoms with Crippen LogP contribution in [-0.4, -0.2) is 39.6 Å². The number of amides is 3. The van der Waals surface area contributed by atoms with E-state index in [0.29, 0.717) is 18.4 Å². The first-order valence-corrected chi connectivity index (χ1v) is 11.3. The second-order valence-electron chi connectivity index (χ2n) is 8.52. The normalized spacial score (nSPS) is 21.3. The van der Waals surface area contributed by atoms with E-state index < -0.39 is 35.6 Å². The first kappa shape index (κ1) is 22.2. The Bertz CT molecular complexity index is 1060. The third-order valence-corrected chi connectivity index (χ3v) is 6.76. The number of benzene rings is 2. The van der Waals surface area contributed by atoms with E-state index in [2.05, 4.69) is 0 Å². The Morgan fingerprint density at radius 2 is 1.53 bits per heavy atom. The molecule has 1 aliphatic carbocycles. The molecule has 7 heteroatoms. The van der Waals surface area contributed by atoms with Crippen LogP contribution < -0.4 is 0 Å². The summed E-state index contributed by atoms with van der Waals surface area (Å²) in [6.07, 6.45) is 2.95. The van der Waals surface area contributed by atoms with Gasteiger partial charge in [0, 0.05) is 5.56 Å². The van der Waals surface area contributed by atoms with Gasteiger partial charge in [-0.15, -0.1) is 0 Å². The number of rotatable bonds is 5. The van der Waals surface area contributed by atoms with Crippen molar-refractivity contribution >= 4 is 35.1 Å². The van der Waals surface area contributed by atoms with Crippen LogP contribution in [0.2, 0.25) is 5.02 Å². The molecule has 0 N–H and O–H groups in total. The summed E-state index contributed by atoms with van der Waals surface area (Å²) in [7, 11) is 0. The number of hydrazine groups is 1. The van der Waals surface area contributed by atoms with Crippen LogP contribution in [0.15, 0.2) is 48.5 Å². The lowest BCUT2D eigenvalue weighted by Crippen LogP contribution is -2.56. The summed E-state index contributed by atoms with van der Waals surface area (Å²) in [6, 6.07) is 12.3. The molecule has 0 spiro atoms. The lowest BCUT2D eigenvalue weighted by molar-refractivity contribution is -0.156. The maximum Gasteiger partial charge on any atom is 0.275 e. The van der Waals surface area contributed by atoms with Gasteiger partial charge >= 0.3 is 0 Å². The fraction of sp³-hybridized carbons (Fsp3) is 0.360. The summed E-state index contributed by atoms with van der Waals surface area (Å²) in [5.41, 5.74) is 1.52. The van der Waals surface area contributed by atoms with Crippen molar-refractivity contribution in [1.82, 2.24) is 10.0 Å². The molecular formula is C25H25ClN2O4. The molecule has 2 aliphatic rings. The third kappa shape index (κ3) is 3.84. The van der Waals surface area contributed by atoms with E-state index in [9.17, 15) is 19.2 Å². The molecule has 1 saturated carbocycles. The predicted octanol–water partition coefficient (Wildman–Crippen LogP) is 4.45. The smallest absolute Gasteiger partial charge is 0.275 e. The van der Waals surface area contributed by atoms with Crippen molar-refractivity contribution in [3.05, 3.63) is 70.2 Å². The fourth-order valence-corrected chi connectivity index (χ4v) is 4.84. The number of fused-ring (bicyclic) bond motifs is 1. The van der Waals surface area contributed by atoms with Crippen LogP contribution in [0.25, 0.3) is 0 Å². The van der Waals surface area contributed by atoms with Crippen molar-refractivity contribution in [1.29, 1.82) is 0 Å². The molecule has 0 aromatic heterocycles. The highest BCUT2D eigenvalue weighted by Crippen LogP contribution is 2.39. The quantitative estimate of drug-likeness (QED) is 0.496. The summed E-state index contributed by atoms with van der Waals surface area (Å²) in [6.45, 7) is 3.45. The number of aryl methyl sites for hydroxylation is 1. The second-order valence-corrected chi connectivity index (χ2v) is 8.93. The molecule has 1 saturated heterocycles. The Morgan fingerprint density at radius 1 is 0.969 bits per heavy atom. The molecule has 0 bridgehead atoms. The molecule has 0 radical (unpaired) electrons. The maximum atomic E-state index is 13.6. The summed E-state index contributed by atoms with van der Waals surface area (Å²) in [4.78, 5) is 53.5. The van der Waals surface area contributed by atoms with Gasteiger partial charge in [-0.1, -0.05) is 66.4 Å². The van der Waals surface area contributed by atoms with Crippen LogP contribution in [0.1, 0.15) is 58.9 Å². The van der Waals surface area contributed by atoms with E-state index in [-0.39, 0.29) is 16.4 Å². The van der Waals surface area contributed by atoms with E-state index in [1.165, 1.54) is 6.07 Å². The minimum Gasteiger partial charge on any atom is -0.292 e. The van der Waals surface area contributed by atoms with Gasteiger partial charge in [0.15, 0.2) is 5.78 Å². The number of Topliss-reactive ketones (excluding diaryl/α,β-unsaturated/α-hetero) is 1. The summed E-state index contributed by atoms with van der Waals surface area (Å²) < 4.78 is 0. The summed E-state index contributed by atoms with van der Waals surface area (Å²) >= 11 is 6.26. The second kappa shape index (κ2) is 8.87. The molecule has 4 rings (SSSR count). The van der Waals surface area contributed by atoms with Crippen molar-refractivity contribution in [2.45, 2.75) is 45.6 Å². The van der Waals surface area contributed by atoms with Crippen LogP contribution in [0.3, 0.4) is 0 Å². The van der Waals surface area contributed by atoms with Gasteiger partial charge in [0.2, 0.25) is 0 Å². The van der Waals surface area contributed by atoms with Crippen LogP contribution in [0, 0.1) is 18.8 Å². The number of hydrogen-bond donors (Lipinski definition) is 0. The maximum absolute atomic E-state index is 13.6. The Kier molecular flexibility index (Phi) is 6.15.